The summed E-state index contributed by atoms with van der Waals surface area (Å²) >= 11 is 0. The van der Waals surface area contributed by atoms with Crippen molar-refractivity contribution in [1.29, 1.82) is 0 Å². The summed E-state index contributed by atoms with van der Waals surface area (Å²) in [5, 5.41) is 0. The van der Waals surface area contributed by atoms with E-state index >= 15 is 0 Å². The van der Waals surface area contributed by atoms with Crippen LogP contribution in [0.15, 0.2) is 12.1 Å². The van der Waals surface area contributed by atoms with Crippen molar-refractivity contribution < 1.29 is 13.2 Å². The van der Waals surface area contributed by atoms with Crippen molar-refractivity contribution in [3.63, 3.8) is 0 Å². The molecule has 5 nitrogen and oxygen atoms in total. The second kappa shape index (κ2) is 6.72. The lowest BCUT2D eigenvalue weighted by Gasteiger charge is -2.39. The largest absolute Gasteiger partial charge is 0.311 e. The summed E-state index contributed by atoms with van der Waals surface area (Å²) in [6.07, 6.45) is 3.47. The molecular formula is C19H28N2O3S. The molecule has 0 N–H and O–H groups in total. The number of benzene rings is 1. The van der Waals surface area contributed by atoms with E-state index in [1.807, 2.05) is 4.90 Å². The van der Waals surface area contributed by atoms with Gasteiger partial charge in [-0.15, -0.1) is 0 Å². The number of aryl methyl sites for hydroxylation is 2. The first-order valence-electron chi connectivity index (χ1n) is 9.04. The van der Waals surface area contributed by atoms with Crippen LogP contribution < -0.4 is 4.90 Å². The van der Waals surface area contributed by atoms with Gasteiger partial charge in [0.2, 0.25) is 15.9 Å². The fourth-order valence-electron chi connectivity index (χ4n) is 4.16. The van der Waals surface area contributed by atoms with Gasteiger partial charge >= 0.3 is 0 Å². The van der Waals surface area contributed by atoms with Gasteiger partial charge in [-0.25, -0.2) is 12.7 Å². The minimum atomic E-state index is -3.16. The number of carbonyl (C=O) groups is 1. The number of nitrogens with zero attached hydrogens (tertiary/aromatic N) is 2. The lowest BCUT2D eigenvalue weighted by atomic mass is 9.87. The summed E-state index contributed by atoms with van der Waals surface area (Å²) in [6, 6.07) is 4.23. The fourth-order valence-corrected chi connectivity index (χ4v) is 5.03. The number of anilines is 1. The maximum atomic E-state index is 13.2. The third-order valence-electron chi connectivity index (χ3n) is 5.57. The Hall–Kier alpha value is -1.40. The van der Waals surface area contributed by atoms with Gasteiger partial charge in [-0.2, -0.15) is 0 Å². The van der Waals surface area contributed by atoms with Gasteiger partial charge in [-0.1, -0.05) is 19.1 Å². The smallest absolute Gasteiger partial charge is 0.230 e. The average molecular weight is 365 g/mol. The van der Waals surface area contributed by atoms with Crippen LogP contribution in [0.5, 0.6) is 0 Å². The Labute approximate surface area is 151 Å². The van der Waals surface area contributed by atoms with Crippen molar-refractivity contribution in [1.82, 2.24) is 4.31 Å². The van der Waals surface area contributed by atoms with Crippen LogP contribution in [0.4, 0.5) is 5.69 Å². The van der Waals surface area contributed by atoms with Crippen LogP contribution in [0.1, 0.15) is 36.5 Å². The number of sulfonamides is 1. The first-order valence-corrected chi connectivity index (χ1v) is 10.9. The maximum Gasteiger partial charge on any atom is 0.230 e. The molecule has 1 unspecified atom stereocenters. The van der Waals surface area contributed by atoms with E-state index in [9.17, 15) is 13.2 Å². The predicted molar refractivity (Wildman–Crippen MR) is 100 cm³/mol. The summed E-state index contributed by atoms with van der Waals surface area (Å²) < 4.78 is 24.9. The van der Waals surface area contributed by atoms with Gasteiger partial charge in [0, 0.05) is 31.2 Å². The van der Waals surface area contributed by atoms with Gasteiger partial charge in [0.1, 0.15) is 0 Å². The standard InChI is InChI=1S/C19H28N2O3S/c1-13-11-17-14(2)5-6-15(3)18(17)21(12-13)19(22)16-7-9-20(10-8-16)25(4,23)24/h5-6,13,16H,7-12H2,1-4H3. The van der Waals surface area contributed by atoms with Crippen molar-refractivity contribution in [3.05, 3.63) is 28.8 Å². The van der Waals surface area contributed by atoms with Crippen LogP contribution in [0.25, 0.3) is 0 Å². The Morgan fingerprint density at radius 2 is 1.72 bits per heavy atom. The third kappa shape index (κ3) is 3.60. The molecule has 2 heterocycles. The SMILES string of the molecule is Cc1ccc(C)c2c1CC(C)CN2C(=O)C1CCN(S(C)(=O)=O)CC1. The fraction of sp³-hybridized carbons (Fsp3) is 0.632. The number of piperidine rings is 1. The maximum absolute atomic E-state index is 13.2. The molecule has 6 heteroatoms. The third-order valence-corrected chi connectivity index (χ3v) is 6.88. The lowest BCUT2D eigenvalue weighted by molar-refractivity contribution is -0.123. The molecule has 1 atom stereocenters. The van der Waals surface area contributed by atoms with E-state index < -0.39 is 10.0 Å². The van der Waals surface area contributed by atoms with E-state index in [-0.39, 0.29) is 11.8 Å². The van der Waals surface area contributed by atoms with Crippen LogP contribution in [-0.2, 0) is 21.2 Å². The van der Waals surface area contributed by atoms with E-state index in [1.165, 1.54) is 21.7 Å². The average Bonchev–Trinajstić information content (AvgIpc) is 2.56. The van der Waals surface area contributed by atoms with Crippen molar-refractivity contribution in [2.75, 3.05) is 30.8 Å². The zero-order chi connectivity index (χ0) is 18.4. The molecule has 1 aromatic carbocycles. The molecule has 138 valence electrons. The van der Waals surface area contributed by atoms with Crippen LogP contribution in [0.2, 0.25) is 0 Å². The first kappa shape index (κ1) is 18.4. The van der Waals surface area contributed by atoms with E-state index in [0.717, 1.165) is 24.2 Å². The molecule has 0 bridgehead atoms. The Balaban J connectivity index is 1.84. The molecule has 3 rings (SSSR count). The van der Waals surface area contributed by atoms with Crippen LogP contribution in [0, 0.1) is 25.7 Å². The molecule has 1 amide bonds. The summed E-state index contributed by atoms with van der Waals surface area (Å²) in [4.78, 5) is 15.2. The minimum absolute atomic E-state index is 0.0870. The number of amides is 1. The summed E-state index contributed by atoms with van der Waals surface area (Å²) in [6.45, 7) is 8.01. The van der Waals surface area contributed by atoms with Crippen LogP contribution >= 0.6 is 0 Å². The molecule has 2 aliphatic rings. The van der Waals surface area contributed by atoms with E-state index in [0.29, 0.717) is 31.8 Å². The minimum Gasteiger partial charge on any atom is -0.311 e. The Bertz CT molecular complexity index is 780. The molecule has 0 spiro atoms. The van der Waals surface area contributed by atoms with Gasteiger partial charge < -0.3 is 4.90 Å². The second-order valence-electron chi connectivity index (χ2n) is 7.72. The highest BCUT2D eigenvalue weighted by Crippen LogP contribution is 2.36. The van der Waals surface area contributed by atoms with Gasteiger partial charge in [0.15, 0.2) is 0 Å². The number of rotatable bonds is 2. The summed E-state index contributed by atoms with van der Waals surface area (Å²) in [5.41, 5.74) is 4.78. The molecule has 0 saturated carbocycles. The molecule has 1 aromatic rings. The van der Waals surface area contributed by atoms with Crippen molar-refractivity contribution in [2.24, 2.45) is 11.8 Å². The van der Waals surface area contributed by atoms with E-state index in [4.69, 9.17) is 0 Å². The number of hydrogen-bond donors (Lipinski definition) is 0. The predicted octanol–water partition coefficient (Wildman–Crippen LogP) is 2.50. The monoisotopic (exact) mass is 364 g/mol. The quantitative estimate of drug-likeness (QED) is 0.810. The first-order chi connectivity index (χ1) is 11.7. The number of hydrogen-bond acceptors (Lipinski definition) is 3. The summed E-state index contributed by atoms with van der Waals surface area (Å²) in [7, 11) is -3.16. The van der Waals surface area contributed by atoms with E-state index in [1.54, 1.807) is 0 Å². The molecule has 1 saturated heterocycles. The molecule has 0 radical (unpaired) electrons. The normalized spacial score (nSPS) is 22.7. The van der Waals surface area contributed by atoms with Gasteiger partial charge in [-0.3, -0.25) is 4.79 Å². The Kier molecular flexibility index (Phi) is 4.95. The topological polar surface area (TPSA) is 57.7 Å². The highest BCUT2D eigenvalue weighted by Gasteiger charge is 2.35. The zero-order valence-electron chi connectivity index (χ0n) is 15.6. The van der Waals surface area contributed by atoms with Gasteiger partial charge in [0.05, 0.1) is 6.26 Å². The number of fused-ring (bicyclic) bond motifs is 1. The Morgan fingerprint density at radius 3 is 2.32 bits per heavy atom. The second-order valence-corrected chi connectivity index (χ2v) is 9.70. The number of carbonyl (C=O) groups excluding carboxylic acids is 1. The molecule has 2 aliphatic heterocycles. The molecule has 0 aliphatic carbocycles. The van der Waals surface area contributed by atoms with E-state index in [2.05, 4.69) is 32.9 Å². The highest BCUT2D eigenvalue weighted by atomic mass is 32.2. The van der Waals surface area contributed by atoms with Crippen LogP contribution in [0.3, 0.4) is 0 Å². The van der Waals surface area contributed by atoms with Crippen LogP contribution in [-0.4, -0.2) is 44.5 Å². The Morgan fingerprint density at radius 1 is 1.12 bits per heavy atom. The summed E-state index contributed by atoms with van der Waals surface area (Å²) in [5.74, 6) is 0.513. The van der Waals surface area contributed by atoms with Crippen molar-refractivity contribution in [2.45, 2.75) is 40.0 Å². The highest BCUT2D eigenvalue weighted by molar-refractivity contribution is 7.88. The zero-order valence-corrected chi connectivity index (χ0v) is 16.4. The molecule has 1 fully saturated rings. The molecular weight excluding hydrogens is 336 g/mol. The molecule has 25 heavy (non-hydrogen) atoms. The van der Waals surface area contributed by atoms with Crippen molar-refractivity contribution in [3.8, 4) is 0 Å². The lowest BCUT2D eigenvalue weighted by Crippen LogP contribution is -2.47. The van der Waals surface area contributed by atoms with Gasteiger partial charge in [0.25, 0.3) is 0 Å². The van der Waals surface area contributed by atoms with Crippen molar-refractivity contribution >= 4 is 21.6 Å². The molecule has 0 aromatic heterocycles. The van der Waals surface area contributed by atoms with Gasteiger partial charge in [-0.05, 0) is 55.7 Å².